The molecule has 0 saturated carbocycles. The highest BCUT2D eigenvalue weighted by molar-refractivity contribution is 6.30. The van der Waals surface area contributed by atoms with Crippen LogP contribution in [-0.2, 0) is 20.7 Å². The van der Waals surface area contributed by atoms with E-state index in [1.165, 1.54) is 31.5 Å². The highest BCUT2D eigenvalue weighted by Crippen LogP contribution is 2.25. The maximum absolute atomic E-state index is 12.1. The molecule has 1 atom stereocenters. The number of esters is 1. The number of nitrogens with one attached hydrogen (secondary N) is 1. The van der Waals surface area contributed by atoms with Crippen molar-refractivity contribution >= 4 is 40.3 Å². The highest BCUT2D eigenvalue weighted by Gasteiger charge is 2.20. The van der Waals surface area contributed by atoms with E-state index in [4.69, 9.17) is 20.8 Å². The van der Waals surface area contributed by atoms with Gasteiger partial charge in [-0.2, -0.15) is 0 Å². The van der Waals surface area contributed by atoms with Crippen LogP contribution in [0.25, 0.3) is 11.0 Å². The van der Waals surface area contributed by atoms with Gasteiger partial charge in [0, 0.05) is 23.2 Å². The van der Waals surface area contributed by atoms with E-state index in [0.29, 0.717) is 27.4 Å². The number of halogens is 1. The van der Waals surface area contributed by atoms with E-state index in [9.17, 15) is 14.7 Å². The second-order valence-corrected chi connectivity index (χ2v) is 6.04. The van der Waals surface area contributed by atoms with E-state index >= 15 is 0 Å². The number of benzene rings is 1. The third kappa shape index (κ3) is 4.12. The Balaban J connectivity index is 1.59. The highest BCUT2D eigenvalue weighted by atomic mass is 35.5. The van der Waals surface area contributed by atoms with Crippen molar-refractivity contribution in [2.45, 2.75) is 19.4 Å². The summed E-state index contributed by atoms with van der Waals surface area (Å²) in [7, 11) is 0. The fourth-order valence-corrected chi connectivity index (χ4v) is 2.45. The first-order chi connectivity index (χ1) is 12.4. The number of fused-ring (bicyclic) bond motifs is 1. The van der Waals surface area contributed by atoms with E-state index < -0.39 is 18.0 Å². The molecule has 2 aromatic heterocycles. The van der Waals surface area contributed by atoms with Crippen LogP contribution in [-0.4, -0.2) is 28.1 Å². The van der Waals surface area contributed by atoms with Gasteiger partial charge in [0.15, 0.2) is 6.10 Å². The molecule has 7 nitrogen and oxygen atoms in total. The van der Waals surface area contributed by atoms with Gasteiger partial charge >= 0.3 is 5.97 Å². The van der Waals surface area contributed by atoms with E-state index in [0.717, 1.165) is 0 Å². The minimum absolute atomic E-state index is 0.0609. The van der Waals surface area contributed by atoms with Crippen LogP contribution in [0.15, 0.2) is 47.2 Å². The van der Waals surface area contributed by atoms with Crippen molar-refractivity contribution < 1.29 is 23.8 Å². The molecule has 0 saturated heterocycles. The first kappa shape index (κ1) is 17.8. The van der Waals surface area contributed by atoms with Gasteiger partial charge in [0.1, 0.15) is 17.2 Å². The van der Waals surface area contributed by atoms with Gasteiger partial charge in [-0.15, -0.1) is 0 Å². The zero-order chi connectivity index (χ0) is 18.7. The summed E-state index contributed by atoms with van der Waals surface area (Å²) >= 11 is 5.73. The molecule has 0 bridgehead atoms. The van der Waals surface area contributed by atoms with Crippen LogP contribution in [0.2, 0.25) is 5.02 Å². The van der Waals surface area contributed by atoms with Crippen LogP contribution >= 0.6 is 11.6 Å². The SMILES string of the molecule is C[C@H](OC(=O)Cc1coc2cc(O)ccc12)C(=O)Nc1ccc(Cl)cn1. The Hall–Kier alpha value is -3.06. The molecule has 0 radical (unpaired) electrons. The molecule has 0 unspecified atom stereocenters. The molecule has 1 amide bonds. The first-order valence-corrected chi connectivity index (χ1v) is 8.11. The number of carbonyl (C=O) groups is 2. The average molecular weight is 375 g/mol. The van der Waals surface area contributed by atoms with E-state index in [2.05, 4.69) is 10.3 Å². The molecular formula is C18H15ClN2O5. The maximum Gasteiger partial charge on any atom is 0.311 e. The zero-order valence-electron chi connectivity index (χ0n) is 13.7. The monoisotopic (exact) mass is 374 g/mol. The molecule has 3 aromatic rings. The topological polar surface area (TPSA) is 102 Å². The molecule has 0 fully saturated rings. The summed E-state index contributed by atoms with van der Waals surface area (Å²) in [4.78, 5) is 28.1. The van der Waals surface area contributed by atoms with Gasteiger partial charge in [-0.25, -0.2) is 4.98 Å². The third-order valence-electron chi connectivity index (χ3n) is 3.63. The number of anilines is 1. The van der Waals surface area contributed by atoms with Crippen LogP contribution in [0, 0.1) is 0 Å². The van der Waals surface area contributed by atoms with Crippen molar-refractivity contribution in [1.29, 1.82) is 0 Å². The largest absolute Gasteiger partial charge is 0.508 e. The average Bonchev–Trinajstić information content (AvgIpc) is 2.98. The molecule has 8 heteroatoms. The molecular weight excluding hydrogens is 360 g/mol. The van der Waals surface area contributed by atoms with Crippen molar-refractivity contribution in [1.82, 2.24) is 4.98 Å². The fourth-order valence-electron chi connectivity index (χ4n) is 2.33. The van der Waals surface area contributed by atoms with Gasteiger partial charge in [-0.3, -0.25) is 9.59 Å². The van der Waals surface area contributed by atoms with Crippen molar-refractivity contribution in [3.63, 3.8) is 0 Å². The predicted molar refractivity (Wildman–Crippen MR) is 95.0 cm³/mol. The zero-order valence-corrected chi connectivity index (χ0v) is 14.5. The standard InChI is InChI=1S/C18H15ClN2O5/c1-10(18(24)21-16-5-2-12(19)8-20-16)26-17(23)6-11-9-25-15-7-13(22)3-4-14(11)15/h2-5,7-10,22H,6H2,1H3,(H,20,21,24)/t10-/m0/s1. The Labute approximate surface area is 153 Å². The van der Waals surface area contributed by atoms with Crippen LogP contribution < -0.4 is 5.32 Å². The molecule has 0 aliphatic rings. The number of furan rings is 1. The van der Waals surface area contributed by atoms with Crippen LogP contribution in [0.1, 0.15) is 12.5 Å². The van der Waals surface area contributed by atoms with Crippen molar-refractivity contribution in [2.75, 3.05) is 5.32 Å². The molecule has 1 aromatic carbocycles. The Morgan fingerprint density at radius 1 is 1.35 bits per heavy atom. The molecule has 0 aliphatic heterocycles. The Bertz CT molecular complexity index is 952. The number of phenols is 1. The summed E-state index contributed by atoms with van der Waals surface area (Å²) in [6, 6.07) is 7.74. The van der Waals surface area contributed by atoms with Gasteiger partial charge in [0.25, 0.3) is 5.91 Å². The minimum Gasteiger partial charge on any atom is -0.508 e. The second-order valence-electron chi connectivity index (χ2n) is 5.60. The molecule has 134 valence electrons. The number of hydrogen-bond acceptors (Lipinski definition) is 6. The van der Waals surface area contributed by atoms with Crippen molar-refractivity contribution in [3.05, 3.63) is 53.4 Å². The van der Waals surface area contributed by atoms with Gasteiger partial charge in [0.2, 0.25) is 0 Å². The first-order valence-electron chi connectivity index (χ1n) is 7.73. The molecule has 2 N–H and O–H groups in total. The number of rotatable bonds is 5. The summed E-state index contributed by atoms with van der Waals surface area (Å²) in [5.41, 5.74) is 1.07. The third-order valence-corrected chi connectivity index (χ3v) is 3.85. The maximum atomic E-state index is 12.1. The van der Waals surface area contributed by atoms with Crippen LogP contribution in [0.3, 0.4) is 0 Å². The number of amides is 1. The summed E-state index contributed by atoms with van der Waals surface area (Å²) < 4.78 is 10.5. The lowest BCUT2D eigenvalue weighted by Gasteiger charge is -2.13. The van der Waals surface area contributed by atoms with E-state index in [-0.39, 0.29) is 12.2 Å². The van der Waals surface area contributed by atoms with Gasteiger partial charge < -0.3 is 19.6 Å². The molecule has 26 heavy (non-hydrogen) atoms. The second kappa shape index (κ2) is 7.45. The fraction of sp³-hybridized carbons (Fsp3) is 0.167. The molecule has 0 spiro atoms. The van der Waals surface area contributed by atoms with Gasteiger partial charge in [-0.05, 0) is 31.2 Å². The lowest BCUT2D eigenvalue weighted by molar-refractivity contribution is -0.152. The number of ether oxygens (including phenoxy) is 1. The minimum atomic E-state index is -0.998. The van der Waals surface area contributed by atoms with Crippen molar-refractivity contribution in [3.8, 4) is 5.75 Å². The molecule has 3 rings (SSSR count). The number of hydrogen-bond donors (Lipinski definition) is 2. The lowest BCUT2D eigenvalue weighted by atomic mass is 10.1. The van der Waals surface area contributed by atoms with Gasteiger partial charge in [0.05, 0.1) is 17.7 Å². The summed E-state index contributed by atoms with van der Waals surface area (Å²) in [5.74, 6) is -0.701. The molecule has 0 aliphatic carbocycles. The number of phenolic OH excluding ortho intramolecular Hbond substituents is 1. The number of aromatic hydroxyl groups is 1. The predicted octanol–water partition coefficient (Wildman–Crippen LogP) is 3.30. The van der Waals surface area contributed by atoms with Crippen LogP contribution in [0.5, 0.6) is 5.75 Å². The van der Waals surface area contributed by atoms with E-state index in [1.54, 1.807) is 18.2 Å². The Kier molecular flexibility index (Phi) is 5.09. The summed E-state index contributed by atoms with van der Waals surface area (Å²) in [6.45, 7) is 1.47. The van der Waals surface area contributed by atoms with E-state index in [1.807, 2.05) is 0 Å². The number of aromatic nitrogens is 1. The number of carbonyl (C=O) groups excluding carboxylic acids is 2. The quantitative estimate of drug-likeness (QED) is 0.664. The number of pyridine rings is 1. The molecule has 2 heterocycles. The van der Waals surface area contributed by atoms with Crippen molar-refractivity contribution in [2.24, 2.45) is 0 Å². The normalized spacial score (nSPS) is 11.9. The summed E-state index contributed by atoms with van der Waals surface area (Å²) in [5, 5.41) is 13.1. The summed E-state index contributed by atoms with van der Waals surface area (Å²) in [6.07, 6.45) is 1.76. The Morgan fingerprint density at radius 3 is 2.88 bits per heavy atom. The lowest BCUT2D eigenvalue weighted by Crippen LogP contribution is -2.30. The van der Waals surface area contributed by atoms with Gasteiger partial charge in [-0.1, -0.05) is 11.6 Å². The van der Waals surface area contributed by atoms with Crippen LogP contribution in [0.4, 0.5) is 5.82 Å². The Morgan fingerprint density at radius 2 is 2.15 bits per heavy atom. The number of nitrogens with zero attached hydrogens (tertiary/aromatic N) is 1. The smallest absolute Gasteiger partial charge is 0.311 e.